The third-order valence-electron chi connectivity index (χ3n) is 4.06. The lowest BCUT2D eigenvalue weighted by Gasteiger charge is -2.36. The van der Waals surface area contributed by atoms with Crippen molar-refractivity contribution < 1.29 is 5.11 Å². The van der Waals surface area contributed by atoms with Crippen molar-refractivity contribution in [2.75, 3.05) is 19.6 Å². The molecule has 23 heavy (non-hydrogen) atoms. The first kappa shape index (κ1) is 18.0. The number of rotatable bonds is 3. The Bertz CT molecular complexity index is 666. The van der Waals surface area contributed by atoms with Crippen LogP contribution in [-0.2, 0) is 6.54 Å². The van der Waals surface area contributed by atoms with E-state index in [-0.39, 0.29) is 24.2 Å². The van der Waals surface area contributed by atoms with Crippen molar-refractivity contribution in [1.29, 1.82) is 0 Å². The number of hydrogen-bond donors (Lipinski definition) is 2. The van der Waals surface area contributed by atoms with Crippen LogP contribution in [0.15, 0.2) is 36.4 Å². The summed E-state index contributed by atoms with van der Waals surface area (Å²) in [5.41, 5.74) is 2.75. The molecule has 2 N–H and O–H groups in total. The first-order chi connectivity index (χ1) is 10.6. The highest BCUT2D eigenvalue weighted by Crippen LogP contribution is 2.30. The molecule has 0 saturated carbocycles. The molecular formula is C17H21Cl2N3O. The molecule has 1 aliphatic rings. The van der Waals surface area contributed by atoms with Crippen LogP contribution in [0, 0.1) is 6.92 Å². The summed E-state index contributed by atoms with van der Waals surface area (Å²) in [7, 11) is 0. The van der Waals surface area contributed by atoms with Crippen LogP contribution in [0.25, 0.3) is 0 Å². The molecule has 0 amide bonds. The highest BCUT2D eigenvalue weighted by atomic mass is 35.5. The van der Waals surface area contributed by atoms with Crippen molar-refractivity contribution >= 4 is 24.0 Å². The van der Waals surface area contributed by atoms with E-state index in [1.807, 2.05) is 31.2 Å². The van der Waals surface area contributed by atoms with E-state index in [4.69, 9.17) is 11.6 Å². The molecule has 1 unspecified atom stereocenters. The van der Waals surface area contributed by atoms with Crippen LogP contribution < -0.4 is 5.32 Å². The Kier molecular flexibility index (Phi) is 6.25. The van der Waals surface area contributed by atoms with Crippen molar-refractivity contribution in [3.63, 3.8) is 0 Å². The minimum Gasteiger partial charge on any atom is -0.506 e. The van der Waals surface area contributed by atoms with Crippen LogP contribution in [0.5, 0.6) is 5.75 Å². The lowest BCUT2D eigenvalue weighted by molar-refractivity contribution is 0.150. The van der Waals surface area contributed by atoms with Gasteiger partial charge in [0.2, 0.25) is 0 Å². The van der Waals surface area contributed by atoms with Gasteiger partial charge in [0.25, 0.3) is 0 Å². The maximum absolute atomic E-state index is 10.0. The SMILES string of the molecule is Cc1ccc(O)c(CN2CCNCC2c2ccccc2Cl)n1.Cl. The average Bonchev–Trinajstić information content (AvgIpc) is 2.52. The fourth-order valence-electron chi connectivity index (χ4n) is 2.90. The monoisotopic (exact) mass is 353 g/mol. The van der Waals surface area contributed by atoms with Gasteiger partial charge < -0.3 is 10.4 Å². The first-order valence-corrected chi connectivity index (χ1v) is 7.87. The number of pyridine rings is 1. The van der Waals surface area contributed by atoms with Crippen LogP contribution in [0.3, 0.4) is 0 Å². The van der Waals surface area contributed by atoms with Gasteiger partial charge in [0, 0.05) is 42.9 Å². The molecule has 3 rings (SSSR count). The number of aromatic nitrogens is 1. The van der Waals surface area contributed by atoms with Crippen LogP contribution >= 0.6 is 24.0 Å². The molecule has 1 fully saturated rings. The summed E-state index contributed by atoms with van der Waals surface area (Å²) < 4.78 is 0. The van der Waals surface area contributed by atoms with Gasteiger partial charge in [0.1, 0.15) is 5.75 Å². The predicted molar refractivity (Wildman–Crippen MR) is 95.4 cm³/mol. The van der Waals surface area contributed by atoms with Crippen molar-refractivity contribution in [1.82, 2.24) is 15.2 Å². The normalized spacial score (nSPS) is 18.4. The number of aromatic hydroxyl groups is 1. The smallest absolute Gasteiger partial charge is 0.138 e. The molecule has 0 bridgehead atoms. The maximum Gasteiger partial charge on any atom is 0.138 e. The molecular weight excluding hydrogens is 333 g/mol. The van der Waals surface area contributed by atoms with E-state index in [0.29, 0.717) is 6.54 Å². The molecule has 1 saturated heterocycles. The molecule has 1 aliphatic heterocycles. The molecule has 1 aromatic heterocycles. The van der Waals surface area contributed by atoms with Gasteiger partial charge in [-0.25, -0.2) is 0 Å². The second-order valence-corrected chi connectivity index (χ2v) is 6.04. The lowest BCUT2D eigenvalue weighted by atomic mass is 10.0. The quantitative estimate of drug-likeness (QED) is 0.888. The Balaban J connectivity index is 0.00000192. The van der Waals surface area contributed by atoms with E-state index in [9.17, 15) is 5.11 Å². The number of piperazine rings is 1. The lowest BCUT2D eigenvalue weighted by Crippen LogP contribution is -2.45. The Morgan fingerprint density at radius 3 is 2.87 bits per heavy atom. The van der Waals surface area contributed by atoms with Crippen molar-refractivity contribution in [3.05, 3.63) is 58.4 Å². The number of nitrogens with one attached hydrogen (secondary N) is 1. The number of aryl methyl sites for hydroxylation is 1. The van der Waals surface area contributed by atoms with E-state index in [1.165, 1.54) is 0 Å². The highest BCUT2D eigenvalue weighted by Gasteiger charge is 2.26. The zero-order valence-electron chi connectivity index (χ0n) is 13.0. The second-order valence-electron chi connectivity index (χ2n) is 5.63. The summed E-state index contributed by atoms with van der Waals surface area (Å²) in [5.74, 6) is 0.252. The number of nitrogens with zero attached hydrogens (tertiary/aromatic N) is 2. The molecule has 2 aromatic rings. The largest absolute Gasteiger partial charge is 0.506 e. The van der Waals surface area contributed by atoms with E-state index < -0.39 is 0 Å². The van der Waals surface area contributed by atoms with Gasteiger partial charge in [-0.15, -0.1) is 12.4 Å². The number of hydrogen-bond acceptors (Lipinski definition) is 4. The number of halogens is 2. The Hall–Kier alpha value is -1.33. The van der Waals surface area contributed by atoms with Crippen molar-refractivity contribution in [2.45, 2.75) is 19.5 Å². The van der Waals surface area contributed by atoms with Crippen LogP contribution in [0.2, 0.25) is 5.02 Å². The molecule has 0 aliphatic carbocycles. The van der Waals surface area contributed by atoms with Crippen LogP contribution in [-0.4, -0.2) is 34.6 Å². The van der Waals surface area contributed by atoms with Crippen molar-refractivity contribution in [3.8, 4) is 5.75 Å². The van der Waals surface area contributed by atoms with E-state index >= 15 is 0 Å². The van der Waals surface area contributed by atoms with Gasteiger partial charge in [-0.3, -0.25) is 9.88 Å². The molecule has 0 radical (unpaired) electrons. The van der Waals surface area contributed by atoms with Gasteiger partial charge in [0.05, 0.1) is 5.69 Å². The maximum atomic E-state index is 10.0. The zero-order chi connectivity index (χ0) is 15.5. The summed E-state index contributed by atoms with van der Waals surface area (Å²) in [6.07, 6.45) is 0. The van der Waals surface area contributed by atoms with Gasteiger partial charge in [-0.05, 0) is 30.7 Å². The fraction of sp³-hybridized carbons (Fsp3) is 0.353. The zero-order valence-corrected chi connectivity index (χ0v) is 14.6. The second kappa shape index (κ2) is 7.97. The molecule has 1 atom stereocenters. The molecule has 4 nitrogen and oxygen atoms in total. The van der Waals surface area contributed by atoms with Crippen LogP contribution in [0.4, 0.5) is 0 Å². The molecule has 0 spiro atoms. The van der Waals surface area contributed by atoms with Crippen LogP contribution in [0.1, 0.15) is 23.0 Å². The minimum absolute atomic E-state index is 0. The summed E-state index contributed by atoms with van der Waals surface area (Å²) in [4.78, 5) is 6.79. The summed E-state index contributed by atoms with van der Waals surface area (Å²) in [5, 5.41) is 14.2. The minimum atomic E-state index is 0. The van der Waals surface area contributed by atoms with Gasteiger partial charge in [-0.2, -0.15) is 0 Å². The molecule has 2 heterocycles. The average molecular weight is 354 g/mol. The van der Waals surface area contributed by atoms with E-state index in [1.54, 1.807) is 6.07 Å². The first-order valence-electron chi connectivity index (χ1n) is 7.50. The third kappa shape index (κ3) is 4.15. The Labute approximate surface area is 147 Å². The Morgan fingerprint density at radius 1 is 1.30 bits per heavy atom. The van der Waals surface area contributed by atoms with Crippen molar-refractivity contribution in [2.24, 2.45) is 0 Å². The summed E-state index contributed by atoms with van der Waals surface area (Å²) >= 11 is 6.36. The van der Waals surface area contributed by atoms with E-state index in [0.717, 1.165) is 41.6 Å². The third-order valence-corrected chi connectivity index (χ3v) is 4.40. The van der Waals surface area contributed by atoms with Gasteiger partial charge in [0.15, 0.2) is 0 Å². The highest BCUT2D eigenvalue weighted by molar-refractivity contribution is 6.31. The predicted octanol–water partition coefficient (Wildman–Crippen LogP) is 3.32. The molecule has 124 valence electrons. The Morgan fingerprint density at radius 2 is 2.09 bits per heavy atom. The summed E-state index contributed by atoms with van der Waals surface area (Å²) in [6.45, 7) is 5.21. The number of benzene rings is 1. The van der Waals surface area contributed by atoms with Gasteiger partial charge in [-0.1, -0.05) is 29.8 Å². The van der Waals surface area contributed by atoms with E-state index in [2.05, 4.69) is 21.3 Å². The standard InChI is InChI=1S/C17H20ClN3O.ClH/c1-12-6-7-17(22)15(20-12)11-21-9-8-19-10-16(21)13-4-2-3-5-14(13)18;/h2-7,16,19,22H,8-11H2,1H3;1H. The van der Waals surface area contributed by atoms with Gasteiger partial charge >= 0.3 is 0 Å². The molecule has 6 heteroatoms. The fourth-order valence-corrected chi connectivity index (χ4v) is 3.16. The summed E-state index contributed by atoms with van der Waals surface area (Å²) in [6, 6.07) is 11.7. The molecule has 1 aromatic carbocycles. The topological polar surface area (TPSA) is 48.4 Å².